The zero-order valence-corrected chi connectivity index (χ0v) is 10.8. The molecule has 0 atom stereocenters. The third-order valence-electron chi connectivity index (χ3n) is 2.27. The van der Waals surface area contributed by atoms with Gasteiger partial charge in [0.2, 0.25) is 10.0 Å². The number of hydrogen-bond acceptors (Lipinski definition) is 6. The maximum absolute atomic E-state index is 11.9. The molecule has 0 amide bonds. The van der Waals surface area contributed by atoms with Gasteiger partial charge in [0.1, 0.15) is 10.7 Å². The number of aliphatic hydroxyl groups is 3. The smallest absolute Gasteiger partial charge is 0.241 e. The van der Waals surface area contributed by atoms with E-state index < -0.39 is 35.4 Å². The monoisotopic (exact) mass is 296 g/mol. The molecule has 4 N–H and O–H groups in total. The molecule has 1 heterocycles. The Morgan fingerprint density at radius 1 is 1.28 bits per heavy atom. The van der Waals surface area contributed by atoms with E-state index in [1.165, 1.54) is 12.3 Å². The van der Waals surface area contributed by atoms with Crippen LogP contribution in [0.1, 0.15) is 0 Å². The molecule has 0 aliphatic rings. The van der Waals surface area contributed by atoms with Crippen molar-refractivity contribution in [3.63, 3.8) is 0 Å². The van der Waals surface area contributed by atoms with E-state index in [9.17, 15) is 8.42 Å². The lowest BCUT2D eigenvalue weighted by Gasteiger charge is -2.28. The van der Waals surface area contributed by atoms with Gasteiger partial charge in [-0.25, -0.2) is 13.4 Å². The van der Waals surface area contributed by atoms with E-state index >= 15 is 0 Å². The summed E-state index contributed by atoms with van der Waals surface area (Å²) in [6.07, 6.45) is 1.20. The van der Waals surface area contributed by atoms with E-state index in [-0.39, 0.29) is 10.0 Å². The first-order valence-corrected chi connectivity index (χ1v) is 6.73. The predicted octanol–water partition coefficient (Wildman–Crippen LogP) is -1.27. The molecule has 0 saturated carbocycles. The van der Waals surface area contributed by atoms with Gasteiger partial charge in [-0.2, -0.15) is 4.72 Å². The summed E-state index contributed by atoms with van der Waals surface area (Å²) in [6, 6.07) is 2.31. The Morgan fingerprint density at radius 2 is 1.83 bits per heavy atom. The van der Waals surface area contributed by atoms with Crippen LogP contribution in [0.4, 0.5) is 0 Å². The summed E-state index contributed by atoms with van der Waals surface area (Å²) in [4.78, 5) is 3.46. The molecule has 9 heteroatoms. The Kier molecular flexibility index (Phi) is 5.02. The minimum Gasteiger partial charge on any atom is -0.394 e. The van der Waals surface area contributed by atoms with Crippen LogP contribution in [0.25, 0.3) is 0 Å². The minimum atomic E-state index is -4.03. The molecule has 0 spiro atoms. The van der Waals surface area contributed by atoms with E-state index in [2.05, 4.69) is 4.98 Å². The number of aromatic nitrogens is 1. The van der Waals surface area contributed by atoms with Crippen LogP contribution in [0.5, 0.6) is 0 Å². The average molecular weight is 297 g/mol. The molecule has 1 aromatic rings. The molecular formula is C9H13ClN2O5S. The van der Waals surface area contributed by atoms with Crippen molar-refractivity contribution in [2.75, 3.05) is 19.8 Å². The van der Waals surface area contributed by atoms with Crippen molar-refractivity contribution >= 4 is 21.6 Å². The molecule has 0 radical (unpaired) electrons. The highest BCUT2D eigenvalue weighted by Crippen LogP contribution is 2.15. The van der Waals surface area contributed by atoms with Gasteiger partial charge in [-0.1, -0.05) is 11.6 Å². The molecule has 0 unspecified atom stereocenters. The number of nitrogens with zero attached hydrogens (tertiary/aromatic N) is 1. The first kappa shape index (κ1) is 15.3. The number of halogens is 1. The van der Waals surface area contributed by atoms with Crippen LogP contribution < -0.4 is 4.72 Å². The van der Waals surface area contributed by atoms with E-state index in [4.69, 9.17) is 26.9 Å². The molecule has 1 aromatic heterocycles. The van der Waals surface area contributed by atoms with Crippen LogP contribution in [0.15, 0.2) is 23.2 Å². The molecule has 0 saturated heterocycles. The summed E-state index contributed by atoms with van der Waals surface area (Å²) in [5, 5.41) is 27.2. The quantitative estimate of drug-likeness (QED) is 0.486. The average Bonchev–Trinajstić information content (AvgIpc) is 2.36. The number of aliphatic hydroxyl groups excluding tert-OH is 3. The van der Waals surface area contributed by atoms with E-state index in [0.29, 0.717) is 0 Å². The van der Waals surface area contributed by atoms with Crippen LogP contribution >= 0.6 is 11.6 Å². The summed E-state index contributed by atoms with van der Waals surface area (Å²) >= 11 is 5.57. The Morgan fingerprint density at radius 3 is 2.28 bits per heavy atom. The highest BCUT2D eigenvalue weighted by molar-refractivity contribution is 7.89. The maximum atomic E-state index is 11.9. The summed E-state index contributed by atoms with van der Waals surface area (Å²) in [5.41, 5.74) is -1.73. The zero-order valence-electron chi connectivity index (χ0n) is 9.24. The Hall–Kier alpha value is -0.770. The lowest BCUT2D eigenvalue weighted by Crippen LogP contribution is -2.56. The van der Waals surface area contributed by atoms with Gasteiger partial charge in [-0.05, 0) is 12.1 Å². The predicted molar refractivity (Wildman–Crippen MR) is 63.6 cm³/mol. The second-order valence-corrected chi connectivity index (χ2v) is 5.74. The fraction of sp³-hybridized carbons (Fsp3) is 0.444. The van der Waals surface area contributed by atoms with Crippen molar-refractivity contribution in [3.8, 4) is 0 Å². The Balaban J connectivity index is 3.08. The van der Waals surface area contributed by atoms with Crippen molar-refractivity contribution in [1.29, 1.82) is 0 Å². The molecular weight excluding hydrogens is 284 g/mol. The third-order valence-corrected chi connectivity index (χ3v) is 4.05. The van der Waals surface area contributed by atoms with Gasteiger partial charge in [0.05, 0.1) is 24.7 Å². The molecule has 0 bridgehead atoms. The lowest BCUT2D eigenvalue weighted by atomic mass is 10.1. The van der Waals surface area contributed by atoms with Crippen LogP contribution in [-0.4, -0.2) is 54.1 Å². The van der Waals surface area contributed by atoms with Gasteiger partial charge in [0.25, 0.3) is 0 Å². The van der Waals surface area contributed by atoms with Gasteiger partial charge in [0, 0.05) is 6.20 Å². The van der Waals surface area contributed by atoms with Gasteiger partial charge < -0.3 is 15.3 Å². The van der Waals surface area contributed by atoms with E-state index in [0.717, 1.165) is 6.07 Å². The molecule has 0 aliphatic heterocycles. The number of hydrogen-bond donors (Lipinski definition) is 4. The highest BCUT2D eigenvalue weighted by atomic mass is 35.5. The van der Waals surface area contributed by atoms with Crippen molar-refractivity contribution < 1.29 is 23.7 Å². The van der Waals surface area contributed by atoms with Gasteiger partial charge in [-0.3, -0.25) is 0 Å². The normalized spacial score (nSPS) is 12.7. The van der Waals surface area contributed by atoms with Crippen molar-refractivity contribution in [2.24, 2.45) is 0 Å². The second kappa shape index (κ2) is 5.91. The number of pyridine rings is 1. The topological polar surface area (TPSA) is 120 Å². The molecule has 102 valence electrons. The summed E-state index contributed by atoms with van der Waals surface area (Å²) in [5.74, 6) is 0. The molecule has 1 rings (SSSR count). The van der Waals surface area contributed by atoms with E-state index in [1.54, 1.807) is 0 Å². The minimum absolute atomic E-state index is 0.0135. The number of sulfonamides is 1. The lowest BCUT2D eigenvalue weighted by molar-refractivity contribution is 0.0582. The first-order valence-electron chi connectivity index (χ1n) is 4.87. The highest BCUT2D eigenvalue weighted by Gasteiger charge is 2.33. The number of nitrogens with one attached hydrogen (secondary N) is 1. The molecule has 7 nitrogen and oxygen atoms in total. The van der Waals surface area contributed by atoms with Crippen molar-refractivity contribution in [2.45, 2.75) is 10.4 Å². The van der Waals surface area contributed by atoms with Gasteiger partial charge in [-0.15, -0.1) is 0 Å². The molecule has 18 heavy (non-hydrogen) atoms. The van der Waals surface area contributed by atoms with Crippen LogP contribution in [0.2, 0.25) is 5.15 Å². The summed E-state index contributed by atoms with van der Waals surface area (Å²) < 4.78 is 25.9. The van der Waals surface area contributed by atoms with Gasteiger partial charge in [0.15, 0.2) is 0 Å². The van der Waals surface area contributed by atoms with Crippen molar-refractivity contribution in [3.05, 3.63) is 23.5 Å². The largest absolute Gasteiger partial charge is 0.394 e. The molecule has 0 fully saturated rings. The van der Waals surface area contributed by atoms with Crippen LogP contribution in [0.3, 0.4) is 0 Å². The SMILES string of the molecule is O=S(=O)(NC(CO)(CO)CO)c1ccnc(Cl)c1. The standard InChI is InChI=1S/C9H13ClN2O5S/c10-8-3-7(1-2-11-8)18(16,17)12-9(4-13,5-14)6-15/h1-3,12-15H,4-6H2. The number of rotatable bonds is 6. The molecule has 0 aromatic carbocycles. The Labute approximate surface area is 109 Å². The maximum Gasteiger partial charge on any atom is 0.241 e. The third kappa shape index (κ3) is 3.37. The summed E-state index contributed by atoms with van der Waals surface area (Å²) in [7, 11) is -4.03. The fourth-order valence-electron chi connectivity index (χ4n) is 1.14. The Bertz CT molecular complexity index is 495. The zero-order chi connectivity index (χ0) is 13.8. The fourth-order valence-corrected chi connectivity index (χ4v) is 2.77. The summed E-state index contributed by atoms with van der Waals surface area (Å²) in [6.45, 7) is -2.26. The van der Waals surface area contributed by atoms with Crippen molar-refractivity contribution in [1.82, 2.24) is 9.71 Å². The molecule has 0 aliphatic carbocycles. The van der Waals surface area contributed by atoms with Crippen LogP contribution in [-0.2, 0) is 10.0 Å². The van der Waals surface area contributed by atoms with E-state index in [1.807, 2.05) is 4.72 Å². The first-order chi connectivity index (χ1) is 8.39. The second-order valence-electron chi connectivity index (χ2n) is 3.67. The van der Waals surface area contributed by atoms with Gasteiger partial charge >= 0.3 is 0 Å². The van der Waals surface area contributed by atoms with Crippen LogP contribution in [0, 0.1) is 0 Å².